The molecule has 1 N–H and O–H groups in total. The summed E-state index contributed by atoms with van der Waals surface area (Å²) < 4.78 is 5.22. The number of rotatable bonds is 5. The lowest BCUT2D eigenvalue weighted by Crippen LogP contribution is -2.43. The zero-order chi connectivity index (χ0) is 14.5. The van der Waals surface area contributed by atoms with Gasteiger partial charge in [-0.2, -0.15) is 0 Å². The highest BCUT2D eigenvalue weighted by molar-refractivity contribution is 5.98. The van der Waals surface area contributed by atoms with Gasteiger partial charge in [-0.15, -0.1) is 0 Å². The Bertz CT molecular complexity index is 502. The largest absolute Gasteiger partial charge is 0.501 e. The van der Waals surface area contributed by atoms with Crippen LogP contribution < -0.4 is 5.32 Å². The van der Waals surface area contributed by atoms with Crippen LogP contribution in [0.5, 0.6) is 0 Å². The second-order valence-corrected chi connectivity index (χ2v) is 5.60. The van der Waals surface area contributed by atoms with Gasteiger partial charge in [-0.05, 0) is 50.3 Å². The van der Waals surface area contributed by atoms with Crippen LogP contribution in [-0.4, -0.2) is 18.6 Å². The normalized spacial score (nSPS) is 21.6. The molecule has 0 bridgehead atoms. The van der Waals surface area contributed by atoms with Gasteiger partial charge in [0.15, 0.2) is 0 Å². The smallest absolute Gasteiger partial charge is 0.252 e. The highest BCUT2D eigenvalue weighted by atomic mass is 16.5. The highest BCUT2D eigenvalue weighted by Crippen LogP contribution is 2.26. The molecule has 0 unspecified atom stereocenters. The first-order valence-corrected chi connectivity index (χ1v) is 7.29. The first kappa shape index (κ1) is 14.6. The molecule has 1 fully saturated rings. The minimum atomic E-state index is 0.0155. The number of nitrogens with one attached hydrogen (secondary N) is 1. The van der Waals surface area contributed by atoms with Gasteiger partial charge in [0.25, 0.3) is 5.91 Å². The molecular formula is C17H23NO2. The van der Waals surface area contributed by atoms with Crippen LogP contribution in [0.3, 0.4) is 0 Å². The highest BCUT2D eigenvalue weighted by Gasteiger charge is 2.27. The van der Waals surface area contributed by atoms with Crippen molar-refractivity contribution >= 4 is 12.0 Å². The molecule has 3 heteroatoms. The average molecular weight is 273 g/mol. The monoisotopic (exact) mass is 273 g/mol. The minimum Gasteiger partial charge on any atom is -0.501 e. The second-order valence-electron chi connectivity index (χ2n) is 5.60. The third kappa shape index (κ3) is 3.62. The van der Waals surface area contributed by atoms with Crippen LogP contribution in [0.1, 0.15) is 48.2 Å². The zero-order valence-corrected chi connectivity index (χ0v) is 12.5. The summed E-state index contributed by atoms with van der Waals surface area (Å²) in [6.07, 6.45) is 5.66. The fourth-order valence-electron chi connectivity index (χ4n) is 2.51. The van der Waals surface area contributed by atoms with Gasteiger partial charge in [0.05, 0.1) is 12.9 Å². The number of hydrogen-bond acceptors (Lipinski definition) is 2. The Hall–Kier alpha value is -1.77. The predicted octanol–water partition coefficient (Wildman–Crippen LogP) is 3.53. The van der Waals surface area contributed by atoms with Crippen LogP contribution in [0.25, 0.3) is 6.08 Å². The number of amides is 1. The fraction of sp³-hybridized carbons (Fsp3) is 0.471. The van der Waals surface area contributed by atoms with Crippen molar-refractivity contribution in [1.82, 2.24) is 5.32 Å². The molecule has 0 atom stereocenters. The van der Waals surface area contributed by atoms with E-state index in [9.17, 15) is 4.79 Å². The molecular weight excluding hydrogens is 250 g/mol. The summed E-state index contributed by atoms with van der Waals surface area (Å²) in [5, 5.41) is 3.11. The lowest BCUT2D eigenvalue weighted by Gasteiger charge is -2.33. The van der Waals surface area contributed by atoms with E-state index in [0.717, 1.165) is 35.4 Å². The van der Waals surface area contributed by atoms with E-state index in [4.69, 9.17) is 4.74 Å². The van der Waals surface area contributed by atoms with Crippen molar-refractivity contribution in [2.75, 3.05) is 6.61 Å². The Morgan fingerprint density at radius 3 is 2.85 bits per heavy atom. The number of carbonyl (C=O) groups is 1. The van der Waals surface area contributed by atoms with Crippen LogP contribution >= 0.6 is 0 Å². The van der Waals surface area contributed by atoms with E-state index >= 15 is 0 Å². The van der Waals surface area contributed by atoms with Crippen molar-refractivity contribution < 1.29 is 9.53 Å². The van der Waals surface area contributed by atoms with Crippen molar-refractivity contribution in [2.24, 2.45) is 5.92 Å². The van der Waals surface area contributed by atoms with E-state index in [1.54, 1.807) is 6.26 Å². The fourth-order valence-corrected chi connectivity index (χ4v) is 2.51. The molecule has 1 aromatic rings. The SMILES string of the molecule is CCO/C=C/c1ccc(C)cc1C(=O)NC1CC(C)C1. The molecule has 0 radical (unpaired) electrons. The minimum absolute atomic E-state index is 0.0155. The second kappa shape index (κ2) is 6.60. The predicted molar refractivity (Wildman–Crippen MR) is 81.5 cm³/mol. The Labute approximate surface area is 121 Å². The Balaban J connectivity index is 2.11. The summed E-state index contributed by atoms with van der Waals surface area (Å²) in [5.41, 5.74) is 2.71. The van der Waals surface area contributed by atoms with Gasteiger partial charge in [-0.1, -0.05) is 24.6 Å². The number of hydrogen-bond donors (Lipinski definition) is 1. The van der Waals surface area contributed by atoms with Crippen molar-refractivity contribution in [3.8, 4) is 0 Å². The topological polar surface area (TPSA) is 38.3 Å². The first-order chi connectivity index (χ1) is 9.60. The first-order valence-electron chi connectivity index (χ1n) is 7.29. The summed E-state index contributed by atoms with van der Waals surface area (Å²) in [7, 11) is 0. The standard InChI is InChI=1S/C17H23NO2/c1-4-20-8-7-14-6-5-12(2)11-16(14)17(19)18-15-9-13(3)10-15/h5-8,11,13,15H,4,9-10H2,1-3H3,(H,18,19)/b8-7+. The molecule has 108 valence electrons. The Morgan fingerprint density at radius 2 is 2.20 bits per heavy atom. The summed E-state index contributed by atoms with van der Waals surface area (Å²) in [4.78, 5) is 12.4. The molecule has 1 saturated carbocycles. The van der Waals surface area contributed by atoms with E-state index < -0.39 is 0 Å². The van der Waals surface area contributed by atoms with E-state index in [-0.39, 0.29) is 5.91 Å². The van der Waals surface area contributed by atoms with Crippen LogP contribution in [0.2, 0.25) is 0 Å². The van der Waals surface area contributed by atoms with Gasteiger partial charge in [-0.3, -0.25) is 4.79 Å². The van der Waals surface area contributed by atoms with Crippen molar-refractivity contribution in [3.05, 3.63) is 41.2 Å². The van der Waals surface area contributed by atoms with E-state index in [0.29, 0.717) is 12.6 Å². The molecule has 20 heavy (non-hydrogen) atoms. The molecule has 1 aromatic carbocycles. The summed E-state index contributed by atoms with van der Waals surface area (Å²) in [6, 6.07) is 6.24. The maximum atomic E-state index is 12.4. The van der Waals surface area contributed by atoms with Gasteiger partial charge in [0, 0.05) is 11.6 Å². The molecule has 0 aliphatic heterocycles. The van der Waals surface area contributed by atoms with Crippen LogP contribution in [-0.2, 0) is 4.74 Å². The van der Waals surface area contributed by atoms with Gasteiger partial charge in [0.1, 0.15) is 0 Å². The summed E-state index contributed by atoms with van der Waals surface area (Å²) >= 11 is 0. The molecule has 0 heterocycles. The molecule has 3 nitrogen and oxygen atoms in total. The molecule has 2 rings (SSSR count). The maximum absolute atomic E-state index is 12.4. The van der Waals surface area contributed by atoms with Gasteiger partial charge < -0.3 is 10.1 Å². The van der Waals surface area contributed by atoms with Crippen molar-refractivity contribution in [1.29, 1.82) is 0 Å². The third-order valence-electron chi connectivity index (χ3n) is 3.67. The molecule has 0 saturated heterocycles. The maximum Gasteiger partial charge on any atom is 0.252 e. The summed E-state index contributed by atoms with van der Waals surface area (Å²) in [5.74, 6) is 0.747. The third-order valence-corrected chi connectivity index (χ3v) is 3.67. The van der Waals surface area contributed by atoms with Crippen molar-refractivity contribution in [3.63, 3.8) is 0 Å². The number of ether oxygens (including phenoxy) is 1. The Kier molecular flexibility index (Phi) is 4.83. The van der Waals surface area contributed by atoms with E-state index in [1.165, 1.54) is 0 Å². The van der Waals surface area contributed by atoms with Crippen molar-refractivity contribution in [2.45, 2.75) is 39.7 Å². The average Bonchev–Trinajstić information content (AvgIpc) is 2.38. The molecule has 1 aliphatic rings. The lowest BCUT2D eigenvalue weighted by molar-refractivity contribution is 0.0896. The summed E-state index contributed by atoms with van der Waals surface area (Å²) in [6.45, 7) is 6.78. The Morgan fingerprint density at radius 1 is 1.45 bits per heavy atom. The number of aryl methyl sites for hydroxylation is 1. The molecule has 1 aliphatic carbocycles. The van der Waals surface area contributed by atoms with Gasteiger partial charge in [-0.25, -0.2) is 0 Å². The quantitative estimate of drug-likeness (QED) is 0.833. The van der Waals surface area contributed by atoms with Gasteiger partial charge in [0.2, 0.25) is 0 Å². The number of benzene rings is 1. The molecule has 0 aromatic heterocycles. The van der Waals surface area contributed by atoms with Gasteiger partial charge >= 0.3 is 0 Å². The molecule has 1 amide bonds. The van der Waals surface area contributed by atoms with Crippen LogP contribution in [0.15, 0.2) is 24.5 Å². The van der Waals surface area contributed by atoms with E-state index in [1.807, 2.05) is 38.1 Å². The van der Waals surface area contributed by atoms with Crippen LogP contribution in [0.4, 0.5) is 0 Å². The lowest BCUT2D eigenvalue weighted by atomic mass is 9.82. The van der Waals surface area contributed by atoms with E-state index in [2.05, 4.69) is 12.2 Å². The van der Waals surface area contributed by atoms with Crippen LogP contribution in [0, 0.1) is 12.8 Å². The number of carbonyl (C=O) groups excluding carboxylic acids is 1. The zero-order valence-electron chi connectivity index (χ0n) is 12.5. The molecule has 0 spiro atoms.